The van der Waals surface area contributed by atoms with Crippen LogP contribution in [0.15, 0.2) is 97.1 Å². The van der Waals surface area contributed by atoms with Crippen LogP contribution in [0.5, 0.6) is 0 Å². The van der Waals surface area contributed by atoms with Gasteiger partial charge >= 0.3 is 0 Å². The average molecular weight is 405 g/mol. The molecule has 0 heteroatoms. The second-order valence-electron chi connectivity index (χ2n) is 9.02. The highest BCUT2D eigenvalue weighted by Gasteiger charge is 2.27. The largest absolute Gasteiger partial charge is 0.0617 e. The minimum absolute atomic E-state index is 0.294. The molecule has 0 fully saturated rings. The molecule has 0 radical (unpaired) electrons. The maximum atomic E-state index is 2.37. The molecule has 0 heterocycles. The zero-order chi connectivity index (χ0) is 21.8. The molecule has 31 heavy (non-hydrogen) atoms. The van der Waals surface area contributed by atoms with Gasteiger partial charge in [0.15, 0.2) is 0 Å². The minimum Gasteiger partial charge on any atom is -0.0617 e. The molecule has 0 N–H and O–H groups in total. The van der Waals surface area contributed by atoms with Crippen LogP contribution >= 0.6 is 0 Å². The molecule has 4 aromatic carbocycles. The minimum atomic E-state index is 0.294. The fourth-order valence-corrected chi connectivity index (χ4v) is 4.81. The van der Waals surface area contributed by atoms with E-state index in [1.165, 1.54) is 44.5 Å². The van der Waals surface area contributed by atoms with E-state index in [0.717, 1.165) is 6.42 Å². The third-order valence-electron chi connectivity index (χ3n) is 6.21. The first-order valence-electron chi connectivity index (χ1n) is 11.2. The lowest BCUT2D eigenvalue weighted by Crippen LogP contribution is -2.16. The van der Waals surface area contributed by atoms with Crippen LogP contribution < -0.4 is 0 Å². The molecule has 0 aliphatic carbocycles. The third-order valence-corrected chi connectivity index (χ3v) is 6.21. The van der Waals surface area contributed by atoms with Crippen molar-refractivity contribution in [3.05, 3.63) is 142 Å². The molecule has 1 atom stereocenters. The van der Waals surface area contributed by atoms with Gasteiger partial charge in [0, 0.05) is 5.92 Å². The molecular formula is C31H32. The van der Waals surface area contributed by atoms with Gasteiger partial charge in [-0.3, -0.25) is 0 Å². The topological polar surface area (TPSA) is 0 Å². The van der Waals surface area contributed by atoms with Crippen LogP contribution in [0.2, 0.25) is 0 Å². The molecule has 4 aromatic rings. The summed E-state index contributed by atoms with van der Waals surface area (Å²) in [5.74, 6) is 0.646. The summed E-state index contributed by atoms with van der Waals surface area (Å²) in [4.78, 5) is 0. The zero-order valence-corrected chi connectivity index (χ0v) is 19.1. The van der Waals surface area contributed by atoms with E-state index in [1.807, 2.05) is 0 Å². The first kappa shape index (κ1) is 21.1. The van der Waals surface area contributed by atoms with Gasteiger partial charge in [0.2, 0.25) is 0 Å². The first-order valence-corrected chi connectivity index (χ1v) is 11.2. The Bertz CT molecular complexity index is 1120. The van der Waals surface area contributed by atoms with Crippen LogP contribution in [-0.2, 0) is 6.42 Å². The number of benzene rings is 4. The molecule has 0 saturated heterocycles. The predicted octanol–water partition coefficient (Wildman–Crippen LogP) is 8.08. The fraction of sp³-hybridized carbons (Fsp3) is 0.226. The van der Waals surface area contributed by atoms with Gasteiger partial charge in [-0.2, -0.15) is 0 Å². The lowest BCUT2D eigenvalue weighted by atomic mass is 9.73. The standard InChI is InChI=1S/C31H32/c1-22-9-5-13-26(17-22)21-30(27-14-6-10-23(2)18-27)31(28-15-7-11-24(3)19-28)29-16-8-12-25(4)20-29/h5-20,30-31H,21H2,1-4H3. The van der Waals surface area contributed by atoms with Gasteiger partial charge in [0.1, 0.15) is 0 Å². The highest BCUT2D eigenvalue weighted by atomic mass is 14.3. The van der Waals surface area contributed by atoms with E-state index in [9.17, 15) is 0 Å². The van der Waals surface area contributed by atoms with Crippen molar-refractivity contribution in [1.82, 2.24) is 0 Å². The molecule has 0 aliphatic rings. The molecule has 0 aromatic heterocycles. The van der Waals surface area contributed by atoms with Crippen molar-refractivity contribution in [2.75, 3.05) is 0 Å². The average Bonchev–Trinajstić information content (AvgIpc) is 2.73. The summed E-state index contributed by atoms with van der Waals surface area (Å²) in [5, 5.41) is 0. The maximum absolute atomic E-state index is 2.37. The van der Waals surface area contributed by atoms with Gasteiger partial charge in [0.25, 0.3) is 0 Å². The van der Waals surface area contributed by atoms with E-state index in [1.54, 1.807) is 0 Å². The van der Waals surface area contributed by atoms with Crippen molar-refractivity contribution < 1.29 is 0 Å². The highest BCUT2D eigenvalue weighted by Crippen LogP contribution is 2.41. The lowest BCUT2D eigenvalue weighted by Gasteiger charge is -2.30. The number of hydrogen-bond donors (Lipinski definition) is 0. The number of aryl methyl sites for hydroxylation is 4. The lowest BCUT2D eigenvalue weighted by molar-refractivity contribution is 0.599. The summed E-state index contributed by atoms with van der Waals surface area (Å²) in [7, 11) is 0. The van der Waals surface area contributed by atoms with E-state index in [2.05, 4.69) is 125 Å². The van der Waals surface area contributed by atoms with Crippen molar-refractivity contribution >= 4 is 0 Å². The molecule has 4 rings (SSSR count). The Balaban J connectivity index is 1.90. The predicted molar refractivity (Wildman–Crippen MR) is 133 cm³/mol. The van der Waals surface area contributed by atoms with E-state index in [4.69, 9.17) is 0 Å². The summed E-state index contributed by atoms with van der Waals surface area (Å²) >= 11 is 0. The van der Waals surface area contributed by atoms with Crippen molar-refractivity contribution in [2.24, 2.45) is 0 Å². The number of hydrogen-bond acceptors (Lipinski definition) is 0. The number of rotatable bonds is 6. The van der Waals surface area contributed by atoms with Crippen molar-refractivity contribution in [3.63, 3.8) is 0 Å². The van der Waals surface area contributed by atoms with Gasteiger partial charge in [-0.05, 0) is 62.3 Å². The normalized spacial score (nSPS) is 12.2. The van der Waals surface area contributed by atoms with E-state index in [0.29, 0.717) is 11.8 Å². The Hall–Kier alpha value is -3.12. The Morgan fingerprint density at radius 2 is 0.903 bits per heavy atom. The van der Waals surface area contributed by atoms with E-state index < -0.39 is 0 Å². The van der Waals surface area contributed by atoms with Gasteiger partial charge in [0.05, 0.1) is 0 Å². The van der Waals surface area contributed by atoms with Crippen LogP contribution in [-0.4, -0.2) is 0 Å². The molecule has 0 aliphatic heterocycles. The van der Waals surface area contributed by atoms with Crippen LogP contribution in [0, 0.1) is 27.7 Å². The van der Waals surface area contributed by atoms with E-state index >= 15 is 0 Å². The second-order valence-corrected chi connectivity index (χ2v) is 9.02. The quantitative estimate of drug-likeness (QED) is 0.305. The van der Waals surface area contributed by atoms with Crippen LogP contribution in [0.1, 0.15) is 56.3 Å². The molecule has 0 bridgehead atoms. The Kier molecular flexibility index (Phi) is 6.37. The molecule has 0 nitrogen and oxygen atoms in total. The first-order chi connectivity index (χ1) is 15.0. The van der Waals surface area contributed by atoms with Gasteiger partial charge in [-0.25, -0.2) is 0 Å². The SMILES string of the molecule is Cc1cccc(CC(c2cccc(C)c2)C(c2cccc(C)c2)c2cccc(C)c2)c1. The summed E-state index contributed by atoms with van der Waals surface area (Å²) in [5.41, 5.74) is 10.9. The third kappa shape index (κ3) is 5.14. The van der Waals surface area contributed by atoms with Crippen LogP contribution in [0.25, 0.3) is 0 Å². The highest BCUT2D eigenvalue weighted by molar-refractivity contribution is 5.42. The smallest absolute Gasteiger partial charge is 0.0161 e. The molecule has 156 valence electrons. The molecular weight excluding hydrogens is 372 g/mol. The maximum Gasteiger partial charge on any atom is 0.0161 e. The summed E-state index contributed by atoms with van der Waals surface area (Å²) < 4.78 is 0. The monoisotopic (exact) mass is 404 g/mol. The molecule has 0 spiro atoms. The Morgan fingerprint density at radius 1 is 0.484 bits per heavy atom. The van der Waals surface area contributed by atoms with E-state index in [-0.39, 0.29) is 0 Å². The Morgan fingerprint density at radius 3 is 1.39 bits per heavy atom. The molecule has 1 unspecified atom stereocenters. The van der Waals surface area contributed by atoms with Gasteiger partial charge < -0.3 is 0 Å². The van der Waals surface area contributed by atoms with Crippen LogP contribution in [0.4, 0.5) is 0 Å². The van der Waals surface area contributed by atoms with Gasteiger partial charge in [-0.15, -0.1) is 0 Å². The Labute approximate surface area is 187 Å². The molecule has 0 amide bonds. The summed E-state index contributed by atoms with van der Waals surface area (Å²) in [6.07, 6.45) is 1.01. The van der Waals surface area contributed by atoms with Crippen molar-refractivity contribution in [1.29, 1.82) is 0 Å². The van der Waals surface area contributed by atoms with Gasteiger partial charge in [-0.1, -0.05) is 119 Å². The molecule has 0 saturated carbocycles. The van der Waals surface area contributed by atoms with Crippen molar-refractivity contribution in [2.45, 2.75) is 46.0 Å². The summed E-state index contributed by atoms with van der Waals surface area (Å²) in [6.45, 7) is 8.77. The fourth-order valence-electron chi connectivity index (χ4n) is 4.81. The summed E-state index contributed by atoms with van der Waals surface area (Å²) in [6, 6.07) is 36.2. The second kappa shape index (κ2) is 9.35. The van der Waals surface area contributed by atoms with Crippen LogP contribution in [0.3, 0.4) is 0 Å². The van der Waals surface area contributed by atoms with Crippen molar-refractivity contribution in [3.8, 4) is 0 Å². The zero-order valence-electron chi connectivity index (χ0n) is 19.1.